The van der Waals surface area contributed by atoms with E-state index in [4.69, 9.17) is 16.3 Å². The van der Waals surface area contributed by atoms with Crippen LogP contribution in [0.1, 0.15) is 21.1 Å². The highest BCUT2D eigenvalue weighted by atomic mass is 35.5. The summed E-state index contributed by atoms with van der Waals surface area (Å²) >= 11 is 7.66. The highest BCUT2D eigenvalue weighted by Gasteiger charge is 2.19. The largest absolute Gasteiger partial charge is 0.496 e. The van der Waals surface area contributed by atoms with Crippen LogP contribution in [0.15, 0.2) is 53.9 Å². The third-order valence-corrected chi connectivity index (χ3v) is 6.63. The number of ether oxygens (including phenoxy) is 1. The minimum atomic E-state index is -0.131. The second-order valence-electron chi connectivity index (χ2n) is 7.69. The van der Waals surface area contributed by atoms with Crippen molar-refractivity contribution in [2.45, 2.75) is 13.0 Å². The Balaban J connectivity index is 1.24. The third-order valence-electron chi connectivity index (χ3n) is 5.56. The number of piperazine rings is 1. The summed E-state index contributed by atoms with van der Waals surface area (Å²) in [7, 11) is 1.66. The van der Waals surface area contributed by atoms with Crippen molar-refractivity contribution in [1.82, 2.24) is 15.2 Å². The molecule has 1 aliphatic heterocycles. The van der Waals surface area contributed by atoms with Gasteiger partial charge in [-0.25, -0.2) is 4.98 Å². The monoisotopic (exact) mass is 470 g/mol. The summed E-state index contributed by atoms with van der Waals surface area (Å²) in [6.07, 6.45) is 0.712. The van der Waals surface area contributed by atoms with Gasteiger partial charge >= 0.3 is 0 Å². The van der Waals surface area contributed by atoms with Gasteiger partial charge in [0.05, 0.1) is 13.7 Å². The molecule has 1 aliphatic rings. The molecule has 2 aromatic carbocycles. The minimum absolute atomic E-state index is 0.131. The number of rotatable bonds is 8. The molecule has 0 saturated carbocycles. The van der Waals surface area contributed by atoms with Crippen molar-refractivity contribution in [1.29, 1.82) is 0 Å². The molecular formula is C24H27ClN4O2S. The number of thiazole rings is 1. The Kier molecular flexibility index (Phi) is 7.63. The fourth-order valence-corrected chi connectivity index (χ4v) is 4.83. The number of anilines is 1. The molecule has 0 radical (unpaired) electrons. The summed E-state index contributed by atoms with van der Waals surface area (Å²) in [4.78, 5) is 21.8. The zero-order valence-corrected chi connectivity index (χ0v) is 19.7. The van der Waals surface area contributed by atoms with Gasteiger partial charge in [0.15, 0.2) is 0 Å². The van der Waals surface area contributed by atoms with Crippen LogP contribution in [0.4, 0.5) is 5.69 Å². The van der Waals surface area contributed by atoms with Gasteiger partial charge in [-0.2, -0.15) is 0 Å². The van der Waals surface area contributed by atoms with Gasteiger partial charge in [0.1, 0.15) is 16.5 Å². The van der Waals surface area contributed by atoms with Crippen molar-refractivity contribution in [3.63, 3.8) is 0 Å². The maximum absolute atomic E-state index is 12.5. The van der Waals surface area contributed by atoms with Crippen molar-refractivity contribution < 1.29 is 9.53 Å². The van der Waals surface area contributed by atoms with Gasteiger partial charge in [-0.15, -0.1) is 11.3 Å². The zero-order valence-electron chi connectivity index (χ0n) is 18.1. The molecule has 0 atom stereocenters. The van der Waals surface area contributed by atoms with Crippen molar-refractivity contribution >= 4 is 34.5 Å². The summed E-state index contributed by atoms with van der Waals surface area (Å²) < 4.78 is 5.36. The van der Waals surface area contributed by atoms with E-state index in [1.807, 2.05) is 47.8 Å². The smallest absolute Gasteiger partial charge is 0.270 e. The number of carbonyl (C=O) groups excluding carboxylic acids is 1. The first-order chi connectivity index (χ1) is 15.6. The summed E-state index contributed by atoms with van der Waals surface area (Å²) in [5.41, 5.74) is 2.73. The molecule has 3 aromatic rings. The lowest BCUT2D eigenvalue weighted by atomic mass is 10.1. The fourth-order valence-electron chi connectivity index (χ4n) is 3.83. The number of aromatic nitrogens is 1. The number of carbonyl (C=O) groups is 1. The van der Waals surface area contributed by atoms with Gasteiger partial charge in [-0.1, -0.05) is 35.9 Å². The third kappa shape index (κ3) is 5.79. The van der Waals surface area contributed by atoms with Gasteiger partial charge in [-0.05, 0) is 36.2 Å². The Labute approximate surface area is 197 Å². The summed E-state index contributed by atoms with van der Waals surface area (Å²) in [5, 5.41) is 6.54. The molecule has 0 spiro atoms. The van der Waals surface area contributed by atoms with E-state index < -0.39 is 0 Å². The number of para-hydroxylation sites is 1. The van der Waals surface area contributed by atoms with Crippen molar-refractivity contribution in [3.8, 4) is 5.75 Å². The van der Waals surface area contributed by atoms with Gasteiger partial charge in [0.25, 0.3) is 5.91 Å². The Morgan fingerprint density at radius 1 is 1.16 bits per heavy atom. The summed E-state index contributed by atoms with van der Waals surface area (Å²) in [6, 6.07) is 15.9. The summed E-state index contributed by atoms with van der Waals surface area (Å²) in [5.74, 6) is 0.710. The van der Waals surface area contributed by atoms with Crippen LogP contribution in [-0.4, -0.2) is 55.6 Å². The number of hydrogen-bond donors (Lipinski definition) is 1. The molecule has 0 unspecified atom stereocenters. The molecule has 2 heterocycles. The topological polar surface area (TPSA) is 57.7 Å². The van der Waals surface area contributed by atoms with Crippen LogP contribution < -0.4 is 15.0 Å². The lowest BCUT2D eigenvalue weighted by Gasteiger charge is -2.35. The Morgan fingerprint density at radius 2 is 1.97 bits per heavy atom. The van der Waals surface area contributed by atoms with Gasteiger partial charge in [0.2, 0.25) is 0 Å². The molecule has 1 saturated heterocycles. The fraction of sp³-hybridized carbons (Fsp3) is 0.333. The van der Waals surface area contributed by atoms with Crippen molar-refractivity contribution in [3.05, 3.63) is 75.2 Å². The predicted molar refractivity (Wildman–Crippen MR) is 130 cm³/mol. The predicted octanol–water partition coefficient (Wildman–Crippen LogP) is 4.10. The molecule has 0 aliphatic carbocycles. The Morgan fingerprint density at radius 3 is 2.75 bits per heavy atom. The number of nitrogens with one attached hydrogen (secondary N) is 1. The number of nitrogens with zero attached hydrogens (tertiary/aromatic N) is 3. The molecule has 1 fully saturated rings. The quantitative estimate of drug-likeness (QED) is 0.537. The van der Waals surface area contributed by atoms with Gasteiger partial charge in [0, 0.05) is 48.8 Å². The average molecular weight is 471 g/mol. The van der Waals surface area contributed by atoms with E-state index in [0.717, 1.165) is 54.1 Å². The van der Waals surface area contributed by atoms with Gasteiger partial charge in [-0.3, -0.25) is 9.69 Å². The Hall–Kier alpha value is -2.61. The van der Waals surface area contributed by atoms with Crippen LogP contribution >= 0.6 is 22.9 Å². The van der Waals surface area contributed by atoms with Crippen LogP contribution in [0, 0.1) is 0 Å². The van der Waals surface area contributed by atoms with E-state index in [0.29, 0.717) is 18.7 Å². The minimum Gasteiger partial charge on any atom is -0.496 e. The highest BCUT2D eigenvalue weighted by Crippen LogP contribution is 2.22. The maximum atomic E-state index is 12.5. The first kappa shape index (κ1) is 22.6. The number of amides is 1. The highest BCUT2D eigenvalue weighted by molar-refractivity contribution is 7.09. The molecule has 32 heavy (non-hydrogen) atoms. The molecule has 8 heteroatoms. The van der Waals surface area contributed by atoms with Crippen molar-refractivity contribution in [2.75, 3.05) is 44.7 Å². The molecule has 0 bridgehead atoms. The molecule has 168 valence electrons. The molecule has 1 aromatic heterocycles. The van der Waals surface area contributed by atoms with E-state index in [1.54, 1.807) is 18.4 Å². The van der Waals surface area contributed by atoms with Gasteiger partial charge < -0.3 is 15.0 Å². The first-order valence-electron chi connectivity index (χ1n) is 10.7. The molecule has 1 N–H and O–H groups in total. The lowest BCUT2D eigenvalue weighted by Crippen LogP contribution is -2.45. The van der Waals surface area contributed by atoms with Crippen LogP contribution in [0.2, 0.25) is 5.02 Å². The molecule has 6 nitrogen and oxygen atoms in total. The second-order valence-corrected chi connectivity index (χ2v) is 9.07. The number of methoxy groups -OCH3 is 1. The SMILES string of the molecule is COc1ccccc1CCNC(=O)c1csc(CN2CCN(c3cccc(Cl)c3)CC2)n1. The maximum Gasteiger partial charge on any atom is 0.270 e. The number of halogens is 1. The van der Waals surface area contributed by atoms with E-state index >= 15 is 0 Å². The summed E-state index contributed by atoms with van der Waals surface area (Å²) in [6.45, 7) is 5.10. The van der Waals surface area contributed by atoms with Crippen LogP contribution in [0.3, 0.4) is 0 Å². The first-order valence-corrected chi connectivity index (χ1v) is 12.0. The zero-order chi connectivity index (χ0) is 22.3. The standard InChI is InChI=1S/C24H27ClN4O2S/c1-31-22-8-3-2-5-18(22)9-10-26-24(30)21-17-32-23(27-21)16-28-11-13-29(14-12-28)20-7-4-6-19(25)15-20/h2-8,15,17H,9-14,16H2,1H3,(H,26,30). The number of benzene rings is 2. The average Bonchev–Trinajstić information content (AvgIpc) is 3.28. The Bertz CT molecular complexity index is 1050. The van der Waals surface area contributed by atoms with E-state index in [-0.39, 0.29) is 5.91 Å². The second kappa shape index (κ2) is 10.8. The van der Waals surface area contributed by atoms with Crippen molar-refractivity contribution in [2.24, 2.45) is 0 Å². The van der Waals surface area contributed by atoms with E-state index in [1.165, 1.54) is 5.69 Å². The van der Waals surface area contributed by atoms with Crippen LogP contribution in [0.25, 0.3) is 0 Å². The molecular weight excluding hydrogens is 444 g/mol. The molecule has 1 amide bonds. The van der Waals surface area contributed by atoms with Crippen LogP contribution in [-0.2, 0) is 13.0 Å². The van der Waals surface area contributed by atoms with E-state index in [2.05, 4.69) is 26.2 Å². The lowest BCUT2D eigenvalue weighted by molar-refractivity contribution is 0.0949. The normalized spacial score (nSPS) is 14.4. The molecule has 4 rings (SSSR count). The van der Waals surface area contributed by atoms with E-state index in [9.17, 15) is 4.79 Å². The number of hydrogen-bond acceptors (Lipinski definition) is 6. The van der Waals surface area contributed by atoms with Crippen LogP contribution in [0.5, 0.6) is 5.75 Å².